The maximum Gasteiger partial charge on any atom is 0.408 e. The molecule has 26 heavy (non-hydrogen) atoms. The molecule has 0 saturated heterocycles. The number of amides is 1. The quantitative estimate of drug-likeness (QED) is 0.511. The Kier molecular flexibility index (Phi) is 8.56. The Morgan fingerprint density at radius 3 is 1.88 bits per heavy atom. The summed E-state index contributed by atoms with van der Waals surface area (Å²) < 4.78 is 15.0. The topological polar surface area (TPSA) is 128 Å². The molecule has 0 aromatic heterocycles. The number of esters is 2. The number of hydrogen-bond donors (Lipinski definition) is 2. The zero-order chi connectivity index (χ0) is 20.7. The van der Waals surface area contributed by atoms with Gasteiger partial charge in [-0.05, 0) is 54.9 Å². The molecule has 0 radical (unpaired) electrons. The van der Waals surface area contributed by atoms with Crippen LogP contribution >= 0.6 is 0 Å². The molecule has 0 aliphatic rings. The predicted octanol–water partition coefficient (Wildman–Crippen LogP) is 2.02. The Bertz CT molecular complexity index is 530. The van der Waals surface area contributed by atoms with Gasteiger partial charge in [0.15, 0.2) is 6.10 Å². The lowest BCUT2D eigenvalue weighted by Gasteiger charge is -2.24. The molecular formula is C17H29NO8. The first kappa shape index (κ1) is 23.7. The maximum atomic E-state index is 12.1. The van der Waals surface area contributed by atoms with E-state index in [1.165, 1.54) is 6.92 Å². The first-order valence-corrected chi connectivity index (χ1v) is 8.25. The van der Waals surface area contributed by atoms with E-state index in [9.17, 15) is 19.2 Å². The van der Waals surface area contributed by atoms with Gasteiger partial charge in [-0.2, -0.15) is 0 Å². The summed E-state index contributed by atoms with van der Waals surface area (Å²) in [6.07, 6.45) is -2.58. The summed E-state index contributed by atoms with van der Waals surface area (Å²) >= 11 is 0. The SMILES string of the molecule is C[C@H](OC(=O)[C@H](CCC(=O)OC(C)(C)C)NC(=O)OC(C)(C)C)C(=O)O. The van der Waals surface area contributed by atoms with Crippen LogP contribution in [0.3, 0.4) is 0 Å². The Morgan fingerprint density at radius 2 is 1.46 bits per heavy atom. The van der Waals surface area contributed by atoms with Gasteiger partial charge in [-0.3, -0.25) is 4.79 Å². The minimum Gasteiger partial charge on any atom is -0.479 e. The van der Waals surface area contributed by atoms with E-state index < -0.39 is 47.3 Å². The molecule has 0 aliphatic heterocycles. The van der Waals surface area contributed by atoms with E-state index in [0.717, 1.165) is 0 Å². The van der Waals surface area contributed by atoms with Crippen LogP contribution in [-0.4, -0.2) is 52.5 Å². The normalized spacial score (nSPS) is 14.0. The van der Waals surface area contributed by atoms with Crippen molar-refractivity contribution >= 4 is 24.0 Å². The van der Waals surface area contributed by atoms with Crippen molar-refractivity contribution in [2.24, 2.45) is 0 Å². The van der Waals surface area contributed by atoms with Crippen molar-refractivity contribution in [3.8, 4) is 0 Å². The zero-order valence-corrected chi connectivity index (χ0v) is 16.4. The fraction of sp³-hybridized carbons (Fsp3) is 0.765. The number of carboxylic acids is 1. The van der Waals surface area contributed by atoms with Crippen molar-refractivity contribution in [1.82, 2.24) is 5.32 Å². The third-order valence-electron chi connectivity index (χ3n) is 2.67. The summed E-state index contributed by atoms with van der Waals surface area (Å²) in [4.78, 5) is 46.7. The molecule has 9 heteroatoms. The second kappa shape index (κ2) is 9.40. The van der Waals surface area contributed by atoms with E-state index in [2.05, 4.69) is 5.32 Å². The zero-order valence-electron chi connectivity index (χ0n) is 16.4. The van der Waals surface area contributed by atoms with Crippen LogP contribution in [0.2, 0.25) is 0 Å². The van der Waals surface area contributed by atoms with E-state index in [0.29, 0.717) is 0 Å². The second-order valence-corrected chi connectivity index (χ2v) is 7.74. The number of hydrogen-bond acceptors (Lipinski definition) is 7. The first-order chi connectivity index (χ1) is 11.6. The molecule has 150 valence electrons. The van der Waals surface area contributed by atoms with E-state index in [1.54, 1.807) is 41.5 Å². The summed E-state index contributed by atoms with van der Waals surface area (Å²) in [5.74, 6) is -2.87. The molecule has 2 N–H and O–H groups in total. The van der Waals surface area contributed by atoms with Gasteiger partial charge in [-0.25, -0.2) is 14.4 Å². The maximum absolute atomic E-state index is 12.1. The lowest BCUT2D eigenvalue weighted by molar-refractivity contribution is -0.164. The highest BCUT2D eigenvalue weighted by molar-refractivity contribution is 5.84. The molecule has 1 amide bonds. The average Bonchev–Trinajstić information content (AvgIpc) is 2.38. The third kappa shape index (κ3) is 11.3. The Morgan fingerprint density at radius 1 is 0.962 bits per heavy atom. The van der Waals surface area contributed by atoms with Gasteiger partial charge in [0.25, 0.3) is 0 Å². The highest BCUT2D eigenvalue weighted by atomic mass is 16.6. The Hall–Kier alpha value is -2.32. The van der Waals surface area contributed by atoms with Crippen LogP contribution in [0.1, 0.15) is 61.3 Å². The summed E-state index contributed by atoms with van der Waals surface area (Å²) in [5, 5.41) is 11.1. The molecule has 2 atom stereocenters. The van der Waals surface area contributed by atoms with Gasteiger partial charge in [0.2, 0.25) is 0 Å². The van der Waals surface area contributed by atoms with Crippen molar-refractivity contribution in [2.75, 3.05) is 0 Å². The average molecular weight is 375 g/mol. The monoisotopic (exact) mass is 375 g/mol. The van der Waals surface area contributed by atoms with Crippen LogP contribution in [0.15, 0.2) is 0 Å². The van der Waals surface area contributed by atoms with Gasteiger partial charge in [0.05, 0.1) is 0 Å². The molecule has 0 fully saturated rings. The smallest absolute Gasteiger partial charge is 0.408 e. The number of rotatable bonds is 7. The van der Waals surface area contributed by atoms with Crippen LogP contribution in [0.4, 0.5) is 4.79 Å². The summed E-state index contributed by atoms with van der Waals surface area (Å²) in [6, 6.07) is -1.25. The molecule has 0 bridgehead atoms. The lowest BCUT2D eigenvalue weighted by Crippen LogP contribution is -2.46. The lowest BCUT2D eigenvalue weighted by atomic mass is 10.1. The minimum absolute atomic E-state index is 0.126. The predicted molar refractivity (Wildman–Crippen MR) is 91.4 cm³/mol. The molecule has 0 spiro atoms. The fourth-order valence-corrected chi connectivity index (χ4v) is 1.66. The molecule has 0 rings (SSSR count). The van der Waals surface area contributed by atoms with Gasteiger partial charge in [-0.1, -0.05) is 0 Å². The van der Waals surface area contributed by atoms with Crippen LogP contribution < -0.4 is 5.32 Å². The van der Waals surface area contributed by atoms with Gasteiger partial charge in [0.1, 0.15) is 17.2 Å². The minimum atomic E-state index is -1.40. The molecule has 0 unspecified atom stereocenters. The van der Waals surface area contributed by atoms with Crippen LogP contribution in [0, 0.1) is 0 Å². The molecular weight excluding hydrogens is 346 g/mol. The van der Waals surface area contributed by atoms with Crippen molar-refractivity contribution in [3.63, 3.8) is 0 Å². The third-order valence-corrected chi connectivity index (χ3v) is 2.67. The van der Waals surface area contributed by atoms with Gasteiger partial charge in [-0.15, -0.1) is 0 Å². The van der Waals surface area contributed by atoms with Crippen molar-refractivity contribution in [3.05, 3.63) is 0 Å². The molecule has 9 nitrogen and oxygen atoms in total. The van der Waals surface area contributed by atoms with E-state index in [1.807, 2.05) is 0 Å². The van der Waals surface area contributed by atoms with Gasteiger partial charge < -0.3 is 24.6 Å². The number of carbonyl (C=O) groups is 4. The second-order valence-electron chi connectivity index (χ2n) is 7.74. The Balaban J connectivity index is 4.98. The highest BCUT2D eigenvalue weighted by Crippen LogP contribution is 2.12. The van der Waals surface area contributed by atoms with Crippen molar-refractivity contribution in [2.45, 2.75) is 84.7 Å². The van der Waals surface area contributed by atoms with Crippen LogP contribution in [-0.2, 0) is 28.6 Å². The number of aliphatic carboxylic acids is 1. The van der Waals surface area contributed by atoms with Crippen molar-refractivity contribution in [1.29, 1.82) is 0 Å². The van der Waals surface area contributed by atoms with Crippen LogP contribution in [0.25, 0.3) is 0 Å². The van der Waals surface area contributed by atoms with E-state index >= 15 is 0 Å². The summed E-state index contributed by atoms with van der Waals surface area (Å²) in [7, 11) is 0. The standard InChI is InChI=1S/C17H29NO8/c1-10(13(20)21)24-14(22)11(18-15(23)26-17(5,6)7)8-9-12(19)25-16(2,3)4/h10-11H,8-9H2,1-7H3,(H,18,23)(H,20,21)/t10-,11-/m0/s1. The molecule has 0 aliphatic carbocycles. The molecule has 0 saturated carbocycles. The summed E-state index contributed by atoms with van der Waals surface area (Å²) in [6.45, 7) is 11.2. The largest absolute Gasteiger partial charge is 0.479 e. The molecule has 0 aromatic rings. The highest BCUT2D eigenvalue weighted by Gasteiger charge is 2.29. The van der Waals surface area contributed by atoms with Gasteiger partial charge in [0, 0.05) is 6.42 Å². The summed E-state index contributed by atoms with van der Waals surface area (Å²) in [5.41, 5.74) is -1.48. The number of carboxylic acid groups (broad SMARTS) is 1. The number of nitrogens with one attached hydrogen (secondary N) is 1. The fourth-order valence-electron chi connectivity index (χ4n) is 1.66. The molecule has 0 heterocycles. The van der Waals surface area contributed by atoms with E-state index in [-0.39, 0.29) is 12.8 Å². The van der Waals surface area contributed by atoms with Crippen molar-refractivity contribution < 1.29 is 38.5 Å². The number of carbonyl (C=O) groups excluding carboxylic acids is 3. The number of ether oxygens (including phenoxy) is 3. The first-order valence-electron chi connectivity index (χ1n) is 8.25. The number of alkyl carbamates (subject to hydrolysis) is 1. The van der Waals surface area contributed by atoms with E-state index in [4.69, 9.17) is 19.3 Å². The molecule has 0 aromatic carbocycles. The van der Waals surface area contributed by atoms with Gasteiger partial charge >= 0.3 is 24.0 Å². The van der Waals surface area contributed by atoms with Crippen LogP contribution in [0.5, 0.6) is 0 Å². The Labute approximate surface area is 153 Å².